The minimum Gasteiger partial charge on any atom is -0.467 e. The second-order valence-electron chi connectivity index (χ2n) is 5.57. The first-order valence-electron chi connectivity index (χ1n) is 6.35. The van der Waals surface area contributed by atoms with Gasteiger partial charge in [0.05, 0.1) is 19.8 Å². The van der Waals surface area contributed by atoms with Gasteiger partial charge < -0.3 is 15.2 Å². The summed E-state index contributed by atoms with van der Waals surface area (Å²) in [6.45, 7) is 6.73. The van der Waals surface area contributed by atoms with Crippen molar-refractivity contribution in [1.82, 2.24) is 0 Å². The summed E-state index contributed by atoms with van der Waals surface area (Å²) < 4.78 is 9.69. The Labute approximate surface area is 114 Å². The molecule has 4 nitrogen and oxygen atoms in total. The quantitative estimate of drug-likeness (QED) is 0.829. The molecule has 0 fully saturated rings. The van der Waals surface area contributed by atoms with Crippen LogP contribution in [0.25, 0.3) is 0 Å². The van der Waals surface area contributed by atoms with E-state index in [2.05, 4.69) is 37.6 Å². The van der Waals surface area contributed by atoms with Gasteiger partial charge >= 0.3 is 5.97 Å². The van der Waals surface area contributed by atoms with Crippen molar-refractivity contribution in [2.24, 2.45) is 5.73 Å². The van der Waals surface area contributed by atoms with E-state index in [0.29, 0.717) is 6.61 Å². The minimum absolute atomic E-state index is 0.0652. The molecule has 0 aliphatic heterocycles. The van der Waals surface area contributed by atoms with Crippen molar-refractivity contribution >= 4 is 5.97 Å². The topological polar surface area (TPSA) is 61.5 Å². The lowest BCUT2D eigenvalue weighted by Gasteiger charge is -2.20. The van der Waals surface area contributed by atoms with Crippen LogP contribution in [0.5, 0.6) is 0 Å². The van der Waals surface area contributed by atoms with Gasteiger partial charge in [0, 0.05) is 0 Å². The number of nitrogens with two attached hydrogens (primary N) is 1. The first-order valence-corrected chi connectivity index (χ1v) is 6.35. The number of esters is 1. The van der Waals surface area contributed by atoms with Gasteiger partial charge in [0.2, 0.25) is 0 Å². The summed E-state index contributed by atoms with van der Waals surface area (Å²) in [7, 11) is 1.33. The first-order chi connectivity index (χ1) is 8.84. The lowest BCUT2D eigenvalue weighted by atomic mass is 9.86. The molecule has 1 aromatic rings. The fraction of sp³-hybridized carbons (Fsp3) is 0.533. The van der Waals surface area contributed by atoms with Crippen LogP contribution in [0.4, 0.5) is 0 Å². The van der Waals surface area contributed by atoms with E-state index in [4.69, 9.17) is 10.5 Å². The zero-order valence-corrected chi connectivity index (χ0v) is 12.1. The van der Waals surface area contributed by atoms with E-state index in [0.717, 1.165) is 5.56 Å². The summed E-state index contributed by atoms with van der Waals surface area (Å²) in [5.74, 6) is -0.393. The third-order valence-electron chi connectivity index (χ3n) is 2.95. The predicted octanol–water partition coefficient (Wildman–Crippen LogP) is 2.17. The molecule has 106 valence electrons. The number of carbonyl (C=O) groups is 1. The molecule has 0 aromatic heterocycles. The zero-order valence-electron chi connectivity index (χ0n) is 12.1. The largest absolute Gasteiger partial charge is 0.467 e. The van der Waals surface area contributed by atoms with E-state index in [-0.39, 0.29) is 18.1 Å². The fourth-order valence-electron chi connectivity index (χ4n) is 1.65. The average molecular weight is 265 g/mol. The van der Waals surface area contributed by atoms with Gasteiger partial charge in [-0.1, -0.05) is 45.0 Å². The smallest absolute Gasteiger partial charge is 0.331 e. The molecule has 0 aliphatic carbocycles. The SMILES string of the molecule is COC(=O)COCC(N)c1ccc(C(C)(C)C)cc1. The van der Waals surface area contributed by atoms with Crippen molar-refractivity contribution in [3.05, 3.63) is 35.4 Å². The summed E-state index contributed by atoms with van der Waals surface area (Å²) in [6, 6.07) is 7.93. The summed E-state index contributed by atoms with van der Waals surface area (Å²) in [4.78, 5) is 10.9. The van der Waals surface area contributed by atoms with Crippen molar-refractivity contribution in [3.8, 4) is 0 Å². The molecule has 0 spiro atoms. The molecule has 1 unspecified atom stereocenters. The molecule has 0 bridgehead atoms. The minimum atomic E-state index is -0.393. The number of benzene rings is 1. The van der Waals surface area contributed by atoms with Crippen LogP contribution in [0.15, 0.2) is 24.3 Å². The Morgan fingerprint density at radius 2 is 1.84 bits per heavy atom. The predicted molar refractivity (Wildman–Crippen MR) is 74.9 cm³/mol. The molecular formula is C15H23NO3. The lowest BCUT2D eigenvalue weighted by molar-refractivity contribution is -0.146. The summed E-state index contributed by atoms with van der Waals surface area (Å²) in [6.07, 6.45) is 0. The Morgan fingerprint density at radius 1 is 1.26 bits per heavy atom. The van der Waals surface area contributed by atoms with Crippen molar-refractivity contribution in [2.45, 2.75) is 32.2 Å². The second-order valence-corrected chi connectivity index (χ2v) is 5.57. The molecule has 0 amide bonds. The molecule has 0 aliphatic rings. The van der Waals surface area contributed by atoms with Crippen LogP contribution in [0, 0.1) is 0 Å². The molecule has 1 aromatic carbocycles. The summed E-state index contributed by atoms with van der Waals surface area (Å²) in [5, 5.41) is 0. The van der Waals surface area contributed by atoms with E-state index in [1.54, 1.807) is 0 Å². The van der Waals surface area contributed by atoms with Gasteiger partial charge in [-0.2, -0.15) is 0 Å². The van der Waals surface area contributed by atoms with Gasteiger partial charge in [0.1, 0.15) is 6.61 Å². The molecule has 2 N–H and O–H groups in total. The van der Waals surface area contributed by atoms with Crippen LogP contribution in [0.3, 0.4) is 0 Å². The van der Waals surface area contributed by atoms with Crippen LogP contribution in [0.1, 0.15) is 37.9 Å². The molecule has 19 heavy (non-hydrogen) atoms. The van der Waals surface area contributed by atoms with Gasteiger partial charge in [-0.15, -0.1) is 0 Å². The van der Waals surface area contributed by atoms with Crippen LogP contribution < -0.4 is 5.73 Å². The van der Waals surface area contributed by atoms with Crippen molar-refractivity contribution in [1.29, 1.82) is 0 Å². The third-order valence-corrected chi connectivity index (χ3v) is 2.95. The number of hydrogen-bond acceptors (Lipinski definition) is 4. The maximum atomic E-state index is 10.9. The van der Waals surface area contributed by atoms with E-state index < -0.39 is 5.97 Å². The van der Waals surface area contributed by atoms with Crippen LogP contribution in [-0.2, 0) is 19.7 Å². The summed E-state index contributed by atoms with van der Waals surface area (Å²) in [5.41, 5.74) is 8.39. The Hall–Kier alpha value is -1.39. The molecular weight excluding hydrogens is 242 g/mol. The van der Waals surface area contributed by atoms with Crippen molar-refractivity contribution in [3.63, 3.8) is 0 Å². The monoisotopic (exact) mass is 265 g/mol. The maximum Gasteiger partial charge on any atom is 0.331 e. The Morgan fingerprint density at radius 3 is 2.32 bits per heavy atom. The third kappa shape index (κ3) is 5.01. The second kappa shape index (κ2) is 6.68. The van der Waals surface area contributed by atoms with Gasteiger partial charge in [0.25, 0.3) is 0 Å². The molecule has 0 saturated heterocycles. The standard InChI is InChI=1S/C15H23NO3/c1-15(2,3)12-7-5-11(6-8-12)13(16)9-19-10-14(17)18-4/h5-8,13H,9-10,16H2,1-4H3. The summed E-state index contributed by atoms with van der Waals surface area (Å²) >= 11 is 0. The molecule has 1 rings (SSSR count). The fourth-order valence-corrected chi connectivity index (χ4v) is 1.65. The Balaban J connectivity index is 2.53. The highest BCUT2D eigenvalue weighted by atomic mass is 16.6. The highest BCUT2D eigenvalue weighted by Gasteiger charge is 2.14. The number of hydrogen-bond donors (Lipinski definition) is 1. The van der Waals surface area contributed by atoms with Gasteiger partial charge in [-0.05, 0) is 16.5 Å². The highest BCUT2D eigenvalue weighted by molar-refractivity contribution is 5.70. The number of rotatable bonds is 5. The first kappa shape index (κ1) is 15.7. The van der Waals surface area contributed by atoms with Crippen LogP contribution >= 0.6 is 0 Å². The maximum absolute atomic E-state index is 10.9. The molecule has 0 saturated carbocycles. The number of carbonyl (C=O) groups excluding carboxylic acids is 1. The molecule has 1 atom stereocenters. The van der Waals surface area contributed by atoms with Crippen LogP contribution in [-0.4, -0.2) is 26.3 Å². The van der Waals surface area contributed by atoms with Gasteiger partial charge in [0.15, 0.2) is 0 Å². The van der Waals surface area contributed by atoms with E-state index in [1.807, 2.05) is 12.1 Å². The van der Waals surface area contributed by atoms with Gasteiger partial charge in [-0.3, -0.25) is 0 Å². The lowest BCUT2D eigenvalue weighted by Crippen LogP contribution is -2.20. The highest BCUT2D eigenvalue weighted by Crippen LogP contribution is 2.23. The van der Waals surface area contributed by atoms with Crippen molar-refractivity contribution in [2.75, 3.05) is 20.3 Å². The number of methoxy groups -OCH3 is 1. The molecule has 0 radical (unpaired) electrons. The Bertz CT molecular complexity index is 406. The van der Waals surface area contributed by atoms with Gasteiger partial charge in [-0.25, -0.2) is 4.79 Å². The Kier molecular flexibility index (Phi) is 5.51. The van der Waals surface area contributed by atoms with E-state index in [9.17, 15) is 4.79 Å². The average Bonchev–Trinajstić information content (AvgIpc) is 2.37. The number of ether oxygens (including phenoxy) is 2. The molecule has 4 heteroatoms. The zero-order chi connectivity index (χ0) is 14.5. The molecule has 0 heterocycles. The van der Waals surface area contributed by atoms with Crippen molar-refractivity contribution < 1.29 is 14.3 Å². The van der Waals surface area contributed by atoms with Crippen LogP contribution in [0.2, 0.25) is 0 Å². The van der Waals surface area contributed by atoms with E-state index >= 15 is 0 Å². The van der Waals surface area contributed by atoms with E-state index in [1.165, 1.54) is 12.7 Å². The normalized spacial score (nSPS) is 13.1.